The van der Waals surface area contributed by atoms with Gasteiger partial charge in [-0.15, -0.1) is 0 Å². The van der Waals surface area contributed by atoms with Gasteiger partial charge in [-0.25, -0.2) is 4.98 Å². The molecule has 0 radical (unpaired) electrons. The molecule has 0 atom stereocenters. The van der Waals surface area contributed by atoms with Crippen molar-refractivity contribution in [2.75, 3.05) is 11.9 Å². The largest absolute Gasteiger partial charge is 0.506 e. The highest BCUT2D eigenvalue weighted by Gasteiger charge is 2.16. The number of anilines is 1. The first-order valence-corrected chi connectivity index (χ1v) is 9.26. The third-order valence-corrected chi connectivity index (χ3v) is 4.19. The summed E-state index contributed by atoms with van der Waals surface area (Å²) in [4.78, 5) is 16.3. The van der Waals surface area contributed by atoms with Gasteiger partial charge in [0, 0.05) is 12.3 Å². The third kappa shape index (κ3) is 5.72. The first-order valence-electron chi connectivity index (χ1n) is 9.26. The van der Waals surface area contributed by atoms with Crippen molar-refractivity contribution in [3.05, 3.63) is 72.4 Å². The van der Waals surface area contributed by atoms with Crippen LogP contribution in [0.25, 0.3) is 0 Å². The Kier molecular flexibility index (Phi) is 6.02. The first-order chi connectivity index (χ1) is 13.8. The van der Waals surface area contributed by atoms with E-state index in [9.17, 15) is 9.90 Å². The number of ether oxygens (including phenoxy) is 2. The standard InChI is InChI=1S/C23H24N2O4/c1-23(2,3)16-7-12-20(26)19(14-16)25-21(27)15-28-17-8-10-18(11-9-17)29-22-6-4-5-13-24-22/h4-14,26H,15H2,1-3H3,(H,25,27). The van der Waals surface area contributed by atoms with E-state index in [0.29, 0.717) is 23.1 Å². The van der Waals surface area contributed by atoms with Crippen molar-refractivity contribution in [2.45, 2.75) is 26.2 Å². The molecule has 0 aliphatic rings. The second kappa shape index (κ2) is 8.65. The molecule has 1 heterocycles. The van der Waals surface area contributed by atoms with Gasteiger partial charge in [0.25, 0.3) is 5.91 Å². The van der Waals surface area contributed by atoms with Crippen molar-refractivity contribution in [2.24, 2.45) is 0 Å². The van der Waals surface area contributed by atoms with Gasteiger partial charge >= 0.3 is 0 Å². The van der Waals surface area contributed by atoms with Crippen molar-refractivity contribution in [3.8, 4) is 23.1 Å². The SMILES string of the molecule is CC(C)(C)c1ccc(O)c(NC(=O)COc2ccc(Oc3ccccn3)cc2)c1. The van der Waals surface area contributed by atoms with Crippen LogP contribution in [0.4, 0.5) is 5.69 Å². The number of pyridine rings is 1. The topological polar surface area (TPSA) is 80.7 Å². The van der Waals surface area contributed by atoms with Gasteiger partial charge in [-0.2, -0.15) is 0 Å². The zero-order chi connectivity index (χ0) is 20.9. The molecule has 150 valence electrons. The van der Waals surface area contributed by atoms with Crippen molar-refractivity contribution >= 4 is 11.6 Å². The van der Waals surface area contributed by atoms with E-state index in [0.717, 1.165) is 5.56 Å². The predicted molar refractivity (Wildman–Crippen MR) is 112 cm³/mol. The van der Waals surface area contributed by atoms with Crippen LogP contribution < -0.4 is 14.8 Å². The molecular weight excluding hydrogens is 368 g/mol. The molecule has 0 unspecified atom stereocenters. The lowest BCUT2D eigenvalue weighted by atomic mass is 9.87. The molecule has 0 saturated heterocycles. The van der Waals surface area contributed by atoms with Gasteiger partial charge in [-0.3, -0.25) is 4.79 Å². The van der Waals surface area contributed by atoms with Crippen LogP contribution in [-0.4, -0.2) is 22.6 Å². The lowest BCUT2D eigenvalue weighted by Crippen LogP contribution is -2.21. The number of phenols is 1. The van der Waals surface area contributed by atoms with Crippen LogP contribution in [0.2, 0.25) is 0 Å². The molecule has 6 heteroatoms. The number of amides is 1. The molecule has 3 rings (SSSR count). The number of aromatic hydroxyl groups is 1. The van der Waals surface area contributed by atoms with Crippen LogP contribution in [0.5, 0.6) is 23.1 Å². The van der Waals surface area contributed by atoms with Gasteiger partial charge in [0.2, 0.25) is 5.88 Å². The Morgan fingerprint density at radius 2 is 1.76 bits per heavy atom. The fraction of sp³-hybridized carbons (Fsp3) is 0.217. The van der Waals surface area contributed by atoms with Gasteiger partial charge in [-0.1, -0.05) is 32.9 Å². The summed E-state index contributed by atoms with van der Waals surface area (Å²) >= 11 is 0. The maximum atomic E-state index is 12.2. The summed E-state index contributed by atoms with van der Waals surface area (Å²) in [6.45, 7) is 6.01. The Bertz CT molecular complexity index is 964. The van der Waals surface area contributed by atoms with Gasteiger partial charge < -0.3 is 19.9 Å². The third-order valence-electron chi connectivity index (χ3n) is 4.19. The maximum absolute atomic E-state index is 12.2. The highest BCUT2D eigenvalue weighted by molar-refractivity contribution is 5.93. The molecule has 0 spiro atoms. The molecule has 0 fully saturated rings. The quantitative estimate of drug-likeness (QED) is 0.584. The first kappa shape index (κ1) is 20.2. The van der Waals surface area contributed by atoms with Gasteiger partial charge in [0.1, 0.15) is 17.2 Å². The monoisotopic (exact) mass is 392 g/mol. The Morgan fingerprint density at radius 3 is 2.41 bits per heavy atom. The van der Waals surface area contributed by atoms with E-state index in [4.69, 9.17) is 9.47 Å². The summed E-state index contributed by atoms with van der Waals surface area (Å²) in [7, 11) is 0. The minimum atomic E-state index is -0.361. The fourth-order valence-electron chi connectivity index (χ4n) is 2.57. The maximum Gasteiger partial charge on any atom is 0.262 e. The molecule has 2 aromatic carbocycles. The molecule has 2 N–H and O–H groups in total. The van der Waals surface area contributed by atoms with E-state index in [-0.39, 0.29) is 23.7 Å². The number of hydrogen-bond donors (Lipinski definition) is 2. The van der Waals surface area contributed by atoms with Crippen LogP contribution in [-0.2, 0) is 10.2 Å². The van der Waals surface area contributed by atoms with Crippen LogP contribution in [0.15, 0.2) is 66.9 Å². The highest BCUT2D eigenvalue weighted by atomic mass is 16.5. The molecular formula is C23H24N2O4. The van der Waals surface area contributed by atoms with Crippen molar-refractivity contribution in [3.63, 3.8) is 0 Å². The number of carbonyl (C=O) groups is 1. The molecule has 3 aromatic rings. The summed E-state index contributed by atoms with van der Waals surface area (Å²) in [5, 5.41) is 12.7. The number of rotatable bonds is 6. The molecule has 1 amide bonds. The summed E-state index contributed by atoms with van der Waals surface area (Å²) in [5.41, 5.74) is 1.28. The van der Waals surface area contributed by atoms with E-state index in [2.05, 4.69) is 31.1 Å². The highest BCUT2D eigenvalue weighted by Crippen LogP contribution is 2.30. The zero-order valence-corrected chi connectivity index (χ0v) is 16.7. The van der Waals surface area contributed by atoms with E-state index < -0.39 is 0 Å². The van der Waals surface area contributed by atoms with Crippen molar-refractivity contribution < 1.29 is 19.4 Å². The van der Waals surface area contributed by atoms with Gasteiger partial charge in [0.05, 0.1) is 5.69 Å². The molecule has 1 aromatic heterocycles. The number of nitrogens with zero attached hydrogens (tertiary/aromatic N) is 1. The minimum Gasteiger partial charge on any atom is -0.506 e. The van der Waals surface area contributed by atoms with E-state index in [1.54, 1.807) is 48.7 Å². The predicted octanol–water partition coefficient (Wildman–Crippen LogP) is 4.89. The Morgan fingerprint density at radius 1 is 1.03 bits per heavy atom. The number of benzene rings is 2. The summed E-state index contributed by atoms with van der Waals surface area (Å²) in [6.07, 6.45) is 1.65. The Hall–Kier alpha value is -3.54. The van der Waals surface area contributed by atoms with Crippen LogP contribution in [0.1, 0.15) is 26.3 Å². The van der Waals surface area contributed by atoms with Crippen LogP contribution in [0.3, 0.4) is 0 Å². The van der Waals surface area contributed by atoms with Crippen molar-refractivity contribution in [1.82, 2.24) is 4.98 Å². The summed E-state index contributed by atoms with van der Waals surface area (Å²) in [6, 6.07) is 17.5. The molecule has 6 nitrogen and oxygen atoms in total. The molecule has 29 heavy (non-hydrogen) atoms. The molecule has 0 aliphatic heterocycles. The average Bonchev–Trinajstić information content (AvgIpc) is 2.69. The van der Waals surface area contributed by atoms with Crippen LogP contribution >= 0.6 is 0 Å². The molecule has 0 aliphatic carbocycles. The number of carbonyl (C=O) groups excluding carboxylic acids is 1. The van der Waals surface area contributed by atoms with E-state index >= 15 is 0 Å². The van der Waals surface area contributed by atoms with E-state index in [1.807, 2.05) is 18.2 Å². The summed E-state index contributed by atoms with van der Waals surface area (Å²) < 4.78 is 11.1. The fourth-order valence-corrected chi connectivity index (χ4v) is 2.57. The molecule has 0 saturated carbocycles. The number of nitrogens with one attached hydrogen (secondary N) is 1. The Labute approximate surface area is 170 Å². The number of aromatic nitrogens is 1. The van der Waals surface area contributed by atoms with Crippen molar-refractivity contribution in [1.29, 1.82) is 0 Å². The lowest BCUT2D eigenvalue weighted by Gasteiger charge is -2.20. The van der Waals surface area contributed by atoms with Crippen LogP contribution in [0, 0.1) is 0 Å². The van der Waals surface area contributed by atoms with Gasteiger partial charge in [0.15, 0.2) is 6.61 Å². The second-order valence-electron chi connectivity index (χ2n) is 7.56. The Balaban J connectivity index is 1.56. The molecule has 0 bridgehead atoms. The summed E-state index contributed by atoms with van der Waals surface area (Å²) in [5.74, 6) is 1.30. The smallest absolute Gasteiger partial charge is 0.262 e. The van der Waals surface area contributed by atoms with Gasteiger partial charge in [-0.05, 0) is 53.4 Å². The zero-order valence-electron chi connectivity index (χ0n) is 16.7. The van der Waals surface area contributed by atoms with E-state index in [1.165, 1.54) is 0 Å². The number of phenolic OH excluding ortho intramolecular Hbond substituents is 1. The minimum absolute atomic E-state index is 0.0161. The normalized spacial score (nSPS) is 11.0. The average molecular weight is 392 g/mol. The second-order valence-corrected chi connectivity index (χ2v) is 7.56. The lowest BCUT2D eigenvalue weighted by molar-refractivity contribution is -0.118. The number of hydrogen-bond acceptors (Lipinski definition) is 5.